The Balaban J connectivity index is 0.0000176. The van der Waals surface area contributed by atoms with Gasteiger partial charge in [-0.2, -0.15) is 0 Å². The lowest BCUT2D eigenvalue weighted by atomic mass is 9.96. The summed E-state index contributed by atoms with van der Waals surface area (Å²) in [7, 11) is 5.01. The van der Waals surface area contributed by atoms with Crippen molar-refractivity contribution in [3.8, 4) is 0 Å². The van der Waals surface area contributed by atoms with Crippen LogP contribution in [0.3, 0.4) is 0 Å². The van der Waals surface area contributed by atoms with E-state index in [9.17, 15) is 0 Å². The van der Waals surface area contributed by atoms with Crippen molar-refractivity contribution in [3.63, 3.8) is 0 Å². The molecule has 0 heterocycles. The highest BCUT2D eigenvalue weighted by Gasteiger charge is 2.28. The Hall–Kier alpha value is -0.860. The predicted octanol–water partition coefficient (Wildman–Crippen LogP) is 14.0. The second-order valence-corrected chi connectivity index (χ2v) is 14.4. The molecule has 0 amide bonds. The minimum atomic E-state index is 0. The minimum absolute atomic E-state index is 0. The van der Waals surface area contributed by atoms with Crippen molar-refractivity contribution in [3.05, 3.63) is 35.9 Å². The molecule has 254 valence electrons. The number of nitrogens with zero attached hydrogens (tertiary/aromatic N) is 1. The van der Waals surface area contributed by atoms with Gasteiger partial charge in [0.25, 0.3) is 0 Å². The molecule has 1 N–H and O–H groups in total. The average Bonchev–Trinajstić information content (AvgIpc) is 2.99. The SMILES string of the molecule is CCCCCCCCCCCCCCCCC(c1ccccc1)[N+](C)(C)CCCCCCCCCCCCCCCC.[OH-]. The van der Waals surface area contributed by atoms with E-state index in [0.717, 1.165) is 4.48 Å². The van der Waals surface area contributed by atoms with E-state index < -0.39 is 0 Å². The van der Waals surface area contributed by atoms with E-state index >= 15 is 0 Å². The first kappa shape index (κ1) is 42.1. The Morgan fingerprint density at radius 1 is 0.419 bits per heavy atom. The summed E-state index contributed by atoms with van der Waals surface area (Å²) in [6.45, 7) is 5.93. The zero-order valence-electron chi connectivity index (χ0n) is 30.1. The Morgan fingerprint density at radius 3 is 1.07 bits per heavy atom. The maximum absolute atomic E-state index is 2.50. The van der Waals surface area contributed by atoms with Gasteiger partial charge < -0.3 is 9.96 Å². The molecule has 0 saturated carbocycles. The van der Waals surface area contributed by atoms with E-state index in [-0.39, 0.29) is 5.48 Å². The first-order chi connectivity index (χ1) is 20.6. The summed E-state index contributed by atoms with van der Waals surface area (Å²) >= 11 is 0. The molecule has 1 aromatic rings. The molecule has 2 heteroatoms. The molecule has 43 heavy (non-hydrogen) atoms. The second kappa shape index (κ2) is 31.1. The molecule has 0 aliphatic carbocycles. The molecule has 1 atom stereocenters. The topological polar surface area (TPSA) is 30.0 Å². The van der Waals surface area contributed by atoms with Crippen molar-refractivity contribution in [2.75, 3.05) is 20.6 Å². The average molecular weight is 602 g/mol. The van der Waals surface area contributed by atoms with Gasteiger partial charge in [-0.1, -0.05) is 205 Å². The quantitative estimate of drug-likeness (QED) is 0.0596. The zero-order chi connectivity index (χ0) is 30.4. The number of hydrogen-bond donors (Lipinski definition) is 0. The van der Waals surface area contributed by atoms with Crippen molar-refractivity contribution >= 4 is 0 Å². The Bertz CT molecular complexity index is 657. The molecule has 0 aromatic heterocycles. The first-order valence-corrected chi connectivity index (χ1v) is 19.5. The van der Waals surface area contributed by atoms with Crippen LogP contribution >= 0.6 is 0 Å². The van der Waals surface area contributed by atoms with Crippen LogP contribution in [0.15, 0.2) is 30.3 Å². The third-order valence-electron chi connectivity index (χ3n) is 9.95. The minimum Gasteiger partial charge on any atom is -0.870 e. The fraction of sp³-hybridized carbons (Fsp3) is 0.854. The van der Waals surface area contributed by atoms with Crippen molar-refractivity contribution in [1.29, 1.82) is 0 Å². The van der Waals surface area contributed by atoms with Crippen molar-refractivity contribution in [1.82, 2.24) is 0 Å². The monoisotopic (exact) mass is 602 g/mol. The maximum atomic E-state index is 2.50. The molecular formula is C41H79NO. The number of rotatable bonds is 32. The Labute approximate surface area is 272 Å². The first-order valence-electron chi connectivity index (χ1n) is 19.5. The largest absolute Gasteiger partial charge is 0.870 e. The summed E-state index contributed by atoms with van der Waals surface area (Å²) in [6, 6.07) is 12.1. The van der Waals surface area contributed by atoms with E-state index in [2.05, 4.69) is 58.3 Å². The number of hydrogen-bond acceptors (Lipinski definition) is 1. The molecule has 0 aliphatic heterocycles. The van der Waals surface area contributed by atoms with Gasteiger partial charge in [0, 0.05) is 12.0 Å². The van der Waals surface area contributed by atoms with Crippen molar-refractivity contribution in [2.45, 2.75) is 206 Å². The zero-order valence-corrected chi connectivity index (χ0v) is 30.1. The molecular weight excluding hydrogens is 522 g/mol. The Kier molecular flexibility index (Phi) is 30.5. The summed E-state index contributed by atoms with van der Waals surface area (Å²) in [4.78, 5) is 0. The molecule has 0 aliphatic rings. The van der Waals surface area contributed by atoms with Gasteiger partial charge in [0.15, 0.2) is 0 Å². The summed E-state index contributed by atoms with van der Waals surface area (Å²) in [6.07, 6.45) is 41.7. The normalized spacial score (nSPS) is 12.4. The van der Waals surface area contributed by atoms with Gasteiger partial charge in [0.1, 0.15) is 6.04 Å². The Morgan fingerprint density at radius 2 is 0.721 bits per heavy atom. The highest BCUT2D eigenvalue weighted by atomic mass is 16.0. The van der Waals surface area contributed by atoms with Crippen LogP contribution in [0.4, 0.5) is 0 Å². The lowest BCUT2D eigenvalue weighted by molar-refractivity contribution is -0.921. The summed E-state index contributed by atoms with van der Waals surface area (Å²) in [5.74, 6) is 0. The van der Waals surface area contributed by atoms with Gasteiger partial charge in [-0.15, -0.1) is 0 Å². The van der Waals surface area contributed by atoms with E-state index in [4.69, 9.17) is 0 Å². The summed E-state index contributed by atoms with van der Waals surface area (Å²) in [5, 5.41) is 0. The molecule has 1 unspecified atom stereocenters. The second-order valence-electron chi connectivity index (χ2n) is 14.4. The standard InChI is InChI=1S/C41H78N.H2O/c1-5-7-9-11-13-15-17-19-21-23-25-27-29-34-38-41(40-36-32-31-33-37-40)42(3,4)39-35-30-28-26-24-22-20-18-16-14-12-10-8-6-2;/h31-33,36-37,41H,5-30,34-35,38-39H2,1-4H3;1H2/q+1;/p-1. The number of unbranched alkanes of at least 4 members (excludes halogenated alkanes) is 26. The van der Waals surface area contributed by atoms with Crippen LogP contribution < -0.4 is 0 Å². The molecule has 1 aromatic carbocycles. The molecule has 2 nitrogen and oxygen atoms in total. The van der Waals surface area contributed by atoms with Crippen LogP contribution in [0, 0.1) is 0 Å². The number of benzene rings is 1. The van der Waals surface area contributed by atoms with Crippen LogP contribution in [0.5, 0.6) is 0 Å². The highest BCUT2D eigenvalue weighted by molar-refractivity contribution is 5.17. The van der Waals surface area contributed by atoms with Crippen LogP contribution in [0.2, 0.25) is 0 Å². The fourth-order valence-corrected chi connectivity index (χ4v) is 7.00. The van der Waals surface area contributed by atoms with Gasteiger partial charge in [0.2, 0.25) is 0 Å². The van der Waals surface area contributed by atoms with Crippen LogP contribution in [-0.4, -0.2) is 30.6 Å². The molecule has 0 fully saturated rings. The van der Waals surface area contributed by atoms with Crippen LogP contribution in [0.25, 0.3) is 0 Å². The number of quaternary nitrogens is 1. The van der Waals surface area contributed by atoms with E-state index in [1.54, 1.807) is 5.56 Å². The third-order valence-corrected chi connectivity index (χ3v) is 9.95. The fourth-order valence-electron chi connectivity index (χ4n) is 7.00. The third kappa shape index (κ3) is 25.1. The van der Waals surface area contributed by atoms with Crippen molar-refractivity contribution in [2.24, 2.45) is 0 Å². The molecule has 0 bridgehead atoms. The maximum Gasteiger partial charge on any atom is 0.114 e. The van der Waals surface area contributed by atoms with Gasteiger partial charge in [-0.05, 0) is 19.3 Å². The van der Waals surface area contributed by atoms with Gasteiger partial charge in [-0.25, -0.2) is 0 Å². The predicted molar refractivity (Wildman–Crippen MR) is 193 cm³/mol. The molecule has 0 saturated heterocycles. The highest BCUT2D eigenvalue weighted by Crippen LogP contribution is 2.31. The van der Waals surface area contributed by atoms with E-state index in [0.29, 0.717) is 6.04 Å². The molecule has 0 radical (unpaired) electrons. The summed E-state index contributed by atoms with van der Waals surface area (Å²) < 4.78 is 1.15. The summed E-state index contributed by atoms with van der Waals surface area (Å²) in [5.41, 5.74) is 1.56. The lowest BCUT2D eigenvalue weighted by Crippen LogP contribution is -2.44. The van der Waals surface area contributed by atoms with Crippen LogP contribution in [-0.2, 0) is 0 Å². The van der Waals surface area contributed by atoms with Gasteiger partial charge in [-0.3, -0.25) is 0 Å². The van der Waals surface area contributed by atoms with Gasteiger partial charge >= 0.3 is 0 Å². The molecule has 0 spiro atoms. The molecule has 1 rings (SSSR count). The lowest BCUT2D eigenvalue weighted by Gasteiger charge is -2.39. The van der Waals surface area contributed by atoms with E-state index in [1.807, 2.05) is 0 Å². The van der Waals surface area contributed by atoms with E-state index in [1.165, 1.54) is 193 Å². The van der Waals surface area contributed by atoms with Crippen molar-refractivity contribution < 1.29 is 9.96 Å². The smallest absolute Gasteiger partial charge is 0.114 e. The van der Waals surface area contributed by atoms with Gasteiger partial charge in [0.05, 0.1) is 20.6 Å². The van der Waals surface area contributed by atoms with Crippen LogP contribution in [0.1, 0.15) is 212 Å².